The van der Waals surface area contributed by atoms with Crippen LogP contribution in [0.15, 0.2) is 24.3 Å². The number of aromatic hydroxyl groups is 1. The number of aromatic carboxylic acids is 1. The summed E-state index contributed by atoms with van der Waals surface area (Å²) in [7, 11) is 0. The van der Waals surface area contributed by atoms with E-state index in [0.717, 1.165) is 18.4 Å². The van der Waals surface area contributed by atoms with Gasteiger partial charge in [-0.1, -0.05) is 43.1 Å². The average Bonchev–Trinajstić information content (AvgIpc) is 2.33. The summed E-state index contributed by atoms with van der Waals surface area (Å²) in [6, 6.07) is 6.56. The third-order valence-corrected chi connectivity index (χ3v) is 3.38. The molecule has 0 aromatic heterocycles. The van der Waals surface area contributed by atoms with Crippen LogP contribution in [-0.2, 0) is 6.42 Å². The standard InChI is InChI=1S/C14H13ClO3/c1-2-3-8-4-5-10-9(12(8)15)6-7-11(13(10)16)14(17)18/h4-7,16H,2-3H2,1H3,(H,17,18). The molecule has 0 aliphatic carbocycles. The predicted octanol–water partition coefficient (Wildman–Crippen LogP) is 3.85. The first-order valence-corrected chi connectivity index (χ1v) is 6.10. The fourth-order valence-electron chi connectivity index (χ4n) is 2.03. The Labute approximate surface area is 110 Å². The fourth-order valence-corrected chi connectivity index (χ4v) is 2.36. The van der Waals surface area contributed by atoms with Crippen molar-refractivity contribution in [3.8, 4) is 5.75 Å². The zero-order valence-electron chi connectivity index (χ0n) is 9.90. The lowest BCUT2D eigenvalue weighted by Gasteiger charge is -2.09. The molecular formula is C14H13ClO3. The van der Waals surface area contributed by atoms with Crippen molar-refractivity contribution in [1.29, 1.82) is 0 Å². The van der Waals surface area contributed by atoms with Gasteiger partial charge in [-0.3, -0.25) is 0 Å². The summed E-state index contributed by atoms with van der Waals surface area (Å²) >= 11 is 6.27. The van der Waals surface area contributed by atoms with Gasteiger partial charge in [0.25, 0.3) is 0 Å². The monoisotopic (exact) mass is 264 g/mol. The van der Waals surface area contributed by atoms with Crippen LogP contribution in [0.1, 0.15) is 29.3 Å². The SMILES string of the molecule is CCCc1ccc2c(O)c(C(=O)O)ccc2c1Cl. The first-order chi connectivity index (χ1) is 8.56. The predicted molar refractivity (Wildman–Crippen MR) is 71.6 cm³/mol. The van der Waals surface area contributed by atoms with Crippen LogP contribution >= 0.6 is 11.6 Å². The van der Waals surface area contributed by atoms with Gasteiger partial charge < -0.3 is 10.2 Å². The number of carbonyl (C=O) groups is 1. The van der Waals surface area contributed by atoms with E-state index in [0.29, 0.717) is 15.8 Å². The van der Waals surface area contributed by atoms with Crippen LogP contribution in [-0.4, -0.2) is 16.2 Å². The summed E-state index contributed by atoms with van der Waals surface area (Å²) in [5.41, 5.74) is 0.899. The first-order valence-electron chi connectivity index (χ1n) is 5.72. The Hall–Kier alpha value is -1.74. The molecule has 0 aliphatic rings. The van der Waals surface area contributed by atoms with Crippen molar-refractivity contribution in [3.63, 3.8) is 0 Å². The van der Waals surface area contributed by atoms with Crippen LogP contribution in [0, 0.1) is 0 Å². The van der Waals surface area contributed by atoms with Crippen LogP contribution in [0.3, 0.4) is 0 Å². The number of benzene rings is 2. The summed E-state index contributed by atoms with van der Waals surface area (Å²) in [5.74, 6) is -1.38. The Bertz CT molecular complexity index is 620. The van der Waals surface area contributed by atoms with Crippen molar-refractivity contribution >= 4 is 28.3 Å². The molecule has 2 aromatic rings. The van der Waals surface area contributed by atoms with Crippen molar-refractivity contribution in [1.82, 2.24) is 0 Å². The van der Waals surface area contributed by atoms with Gasteiger partial charge in [0.1, 0.15) is 11.3 Å². The maximum Gasteiger partial charge on any atom is 0.339 e. The molecule has 0 radical (unpaired) electrons. The minimum absolute atomic E-state index is 0.109. The summed E-state index contributed by atoms with van der Waals surface area (Å²) in [6.07, 6.45) is 1.83. The van der Waals surface area contributed by atoms with Gasteiger partial charge in [-0.2, -0.15) is 0 Å². The van der Waals surface area contributed by atoms with Gasteiger partial charge in [-0.25, -0.2) is 4.79 Å². The minimum atomic E-state index is -1.15. The molecule has 0 heterocycles. The smallest absolute Gasteiger partial charge is 0.339 e. The topological polar surface area (TPSA) is 57.5 Å². The Morgan fingerprint density at radius 1 is 1.22 bits per heavy atom. The molecule has 0 amide bonds. The number of aryl methyl sites for hydroxylation is 1. The minimum Gasteiger partial charge on any atom is -0.506 e. The number of halogens is 1. The lowest BCUT2D eigenvalue weighted by molar-refractivity contribution is 0.0694. The largest absolute Gasteiger partial charge is 0.506 e. The van der Waals surface area contributed by atoms with E-state index in [1.165, 1.54) is 6.07 Å². The number of carboxylic acids is 1. The Balaban J connectivity index is 2.71. The van der Waals surface area contributed by atoms with Crippen molar-refractivity contribution in [2.24, 2.45) is 0 Å². The number of phenols is 1. The molecule has 2 aromatic carbocycles. The molecule has 0 spiro atoms. The van der Waals surface area contributed by atoms with Crippen molar-refractivity contribution in [2.75, 3.05) is 0 Å². The lowest BCUT2D eigenvalue weighted by atomic mass is 10.0. The summed E-state index contributed by atoms with van der Waals surface area (Å²) < 4.78 is 0. The van der Waals surface area contributed by atoms with Crippen LogP contribution in [0.25, 0.3) is 10.8 Å². The van der Waals surface area contributed by atoms with Gasteiger partial charge >= 0.3 is 5.97 Å². The summed E-state index contributed by atoms with van der Waals surface area (Å²) in [4.78, 5) is 10.9. The molecule has 2 N–H and O–H groups in total. The van der Waals surface area contributed by atoms with E-state index < -0.39 is 5.97 Å². The maximum atomic E-state index is 10.9. The second kappa shape index (κ2) is 4.86. The molecule has 94 valence electrons. The van der Waals surface area contributed by atoms with Crippen molar-refractivity contribution in [2.45, 2.75) is 19.8 Å². The van der Waals surface area contributed by atoms with E-state index in [1.54, 1.807) is 12.1 Å². The fraction of sp³-hybridized carbons (Fsp3) is 0.214. The Morgan fingerprint density at radius 2 is 1.89 bits per heavy atom. The third-order valence-electron chi connectivity index (χ3n) is 2.94. The number of fused-ring (bicyclic) bond motifs is 1. The quantitative estimate of drug-likeness (QED) is 0.885. The van der Waals surface area contributed by atoms with E-state index >= 15 is 0 Å². The van der Waals surface area contributed by atoms with Gasteiger partial charge in [0, 0.05) is 10.8 Å². The highest BCUT2D eigenvalue weighted by atomic mass is 35.5. The second-order valence-corrected chi connectivity index (χ2v) is 4.53. The van der Waals surface area contributed by atoms with Gasteiger partial charge in [0.05, 0.1) is 5.02 Å². The van der Waals surface area contributed by atoms with E-state index in [9.17, 15) is 9.90 Å². The van der Waals surface area contributed by atoms with E-state index in [-0.39, 0.29) is 11.3 Å². The van der Waals surface area contributed by atoms with Crippen LogP contribution in [0.2, 0.25) is 5.02 Å². The van der Waals surface area contributed by atoms with Crippen molar-refractivity contribution in [3.05, 3.63) is 40.4 Å². The molecule has 0 aliphatic heterocycles. The molecule has 4 heteroatoms. The lowest BCUT2D eigenvalue weighted by Crippen LogP contribution is -1.97. The average molecular weight is 265 g/mol. The molecule has 0 fully saturated rings. The van der Waals surface area contributed by atoms with Gasteiger partial charge in [-0.05, 0) is 18.1 Å². The molecule has 3 nitrogen and oxygen atoms in total. The van der Waals surface area contributed by atoms with Crippen LogP contribution in [0.5, 0.6) is 5.75 Å². The number of hydrogen-bond donors (Lipinski definition) is 2. The summed E-state index contributed by atoms with van der Waals surface area (Å²) in [6.45, 7) is 2.06. The highest BCUT2D eigenvalue weighted by molar-refractivity contribution is 6.36. The van der Waals surface area contributed by atoms with E-state index in [2.05, 4.69) is 6.92 Å². The molecule has 18 heavy (non-hydrogen) atoms. The van der Waals surface area contributed by atoms with E-state index in [1.807, 2.05) is 6.07 Å². The number of hydrogen-bond acceptors (Lipinski definition) is 2. The first kappa shape index (κ1) is 12.7. The normalized spacial score (nSPS) is 10.8. The van der Waals surface area contributed by atoms with Gasteiger partial charge in [0.2, 0.25) is 0 Å². The van der Waals surface area contributed by atoms with Crippen LogP contribution in [0.4, 0.5) is 0 Å². The highest BCUT2D eigenvalue weighted by Crippen LogP contribution is 2.35. The Morgan fingerprint density at radius 3 is 2.50 bits per heavy atom. The Kier molecular flexibility index (Phi) is 3.43. The molecule has 0 bridgehead atoms. The second-order valence-electron chi connectivity index (χ2n) is 4.15. The maximum absolute atomic E-state index is 10.9. The van der Waals surface area contributed by atoms with Crippen molar-refractivity contribution < 1.29 is 15.0 Å². The van der Waals surface area contributed by atoms with E-state index in [4.69, 9.17) is 16.7 Å². The molecule has 0 atom stereocenters. The molecular weight excluding hydrogens is 252 g/mol. The van der Waals surface area contributed by atoms with Gasteiger partial charge in [-0.15, -0.1) is 0 Å². The zero-order valence-corrected chi connectivity index (χ0v) is 10.7. The molecule has 0 saturated carbocycles. The molecule has 2 rings (SSSR count). The highest BCUT2D eigenvalue weighted by Gasteiger charge is 2.15. The van der Waals surface area contributed by atoms with Crippen LogP contribution < -0.4 is 0 Å². The summed E-state index contributed by atoms with van der Waals surface area (Å²) in [5, 5.41) is 20.6. The third kappa shape index (κ3) is 2.02. The molecule has 0 unspecified atom stereocenters. The molecule has 0 saturated heterocycles. The van der Waals surface area contributed by atoms with Gasteiger partial charge in [0.15, 0.2) is 0 Å². The zero-order chi connectivity index (χ0) is 13.3. The number of carboxylic acid groups (broad SMARTS) is 1. The number of rotatable bonds is 3.